The highest BCUT2D eigenvalue weighted by molar-refractivity contribution is 7.85. The Morgan fingerprint density at radius 3 is 2.71 bits per heavy atom. The fraction of sp³-hybridized carbons (Fsp3) is 0.667. The molecule has 78 valence electrons. The van der Waals surface area contributed by atoms with Gasteiger partial charge in [-0.2, -0.15) is 0 Å². The highest BCUT2D eigenvalue weighted by atomic mass is 32.2. The van der Waals surface area contributed by atoms with Gasteiger partial charge in [0.1, 0.15) is 0 Å². The largest absolute Gasteiger partial charge is 0.340 e. The van der Waals surface area contributed by atoms with E-state index in [1.165, 1.54) is 0 Å². The summed E-state index contributed by atoms with van der Waals surface area (Å²) in [5.74, 6) is 3.64. The SMILES string of the molecule is C#CCNCC(=O)N1CCS(=O)CC1. The minimum Gasteiger partial charge on any atom is -0.340 e. The number of hydrogen-bond acceptors (Lipinski definition) is 3. The molecule has 1 saturated heterocycles. The molecule has 5 heteroatoms. The first-order valence-corrected chi connectivity index (χ1v) is 6.00. The highest BCUT2D eigenvalue weighted by Crippen LogP contribution is 1.99. The van der Waals surface area contributed by atoms with Gasteiger partial charge in [-0.05, 0) is 0 Å². The Hall–Kier alpha value is -0.860. The van der Waals surface area contributed by atoms with Crippen LogP contribution in [0, 0.1) is 12.3 Å². The van der Waals surface area contributed by atoms with Gasteiger partial charge in [0.15, 0.2) is 0 Å². The van der Waals surface area contributed by atoms with Crippen LogP contribution in [0.5, 0.6) is 0 Å². The summed E-state index contributed by atoms with van der Waals surface area (Å²) in [7, 11) is -0.731. The highest BCUT2D eigenvalue weighted by Gasteiger charge is 2.18. The van der Waals surface area contributed by atoms with Crippen LogP contribution in [0.15, 0.2) is 0 Å². The number of carbonyl (C=O) groups is 1. The predicted molar refractivity (Wildman–Crippen MR) is 56.2 cm³/mol. The standard InChI is InChI=1S/C9H14N2O2S/c1-2-3-10-8-9(12)11-4-6-14(13)7-5-11/h1,10H,3-8H2. The van der Waals surface area contributed by atoms with Gasteiger partial charge in [0.2, 0.25) is 5.91 Å². The van der Waals surface area contributed by atoms with Crippen molar-refractivity contribution in [3.63, 3.8) is 0 Å². The van der Waals surface area contributed by atoms with E-state index in [-0.39, 0.29) is 12.5 Å². The van der Waals surface area contributed by atoms with Gasteiger partial charge in [0, 0.05) is 35.4 Å². The zero-order valence-electron chi connectivity index (χ0n) is 7.99. The van der Waals surface area contributed by atoms with Crippen molar-refractivity contribution in [3.8, 4) is 12.3 Å². The molecule has 1 aliphatic rings. The smallest absolute Gasteiger partial charge is 0.236 e. The third-order valence-electron chi connectivity index (χ3n) is 2.03. The molecule has 4 nitrogen and oxygen atoms in total. The molecule has 0 aliphatic carbocycles. The van der Waals surface area contributed by atoms with Gasteiger partial charge in [-0.3, -0.25) is 14.3 Å². The zero-order chi connectivity index (χ0) is 10.4. The average molecular weight is 214 g/mol. The summed E-state index contributed by atoms with van der Waals surface area (Å²) in [5.41, 5.74) is 0. The zero-order valence-corrected chi connectivity index (χ0v) is 8.81. The lowest BCUT2D eigenvalue weighted by atomic mass is 10.4. The minimum absolute atomic E-state index is 0.0388. The van der Waals surface area contributed by atoms with Crippen LogP contribution in [-0.2, 0) is 15.6 Å². The molecule has 0 atom stereocenters. The van der Waals surface area contributed by atoms with Crippen molar-refractivity contribution in [1.29, 1.82) is 0 Å². The van der Waals surface area contributed by atoms with Crippen molar-refractivity contribution < 1.29 is 9.00 Å². The lowest BCUT2D eigenvalue weighted by molar-refractivity contribution is -0.129. The first-order valence-electron chi connectivity index (χ1n) is 4.51. The number of nitrogens with one attached hydrogen (secondary N) is 1. The number of carbonyl (C=O) groups excluding carboxylic acids is 1. The Kier molecular flexibility index (Phi) is 4.63. The van der Waals surface area contributed by atoms with Crippen molar-refractivity contribution in [2.75, 3.05) is 37.7 Å². The molecule has 1 heterocycles. The molecule has 1 amide bonds. The number of nitrogens with zero attached hydrogens (tertiary/aromatic N) is 1. The Labute approximate surface area is 86.5 Å². The van der Waals surface area contributed by atoms with Gasteiger partial charge in [-0.15, -0.1) is 6.42 Å². The monoisotopic (exact) mass is 214 g/mol. The molecule has 0 aromatic rings. The fourth-order valence-corrected chi connectivity index (χ4v) is 2.29. The molecular weight excluding hydrogens is 200 g/mol. The first kappa shape index (κ1) is 11.2. The molecule has 1 aliphatic heterocycles. The second-order valence-corrected chi connectivity index (χ2v) is 4.73. The summed E-state index contributed by atoms with van der Waals surface area (Å²) < 4.78 is 11.0. The van der Waals surface area contributed by atoms with E-state index < -0.39 is 10.8 Å². The van der Waals surface area contributed by atoms with Crippen molar-refractivity contribution in [1.82, 2.24) is 10.2 Å². The van der Waals surface area contributed by atoms with E-state index in [4.69, 9.17) is 6.42 Å². The molecule has 14 heavy (non-hydrogen) atoms. The maximum absolute atomic E-state index is 11.5. The third kappa shape index (κ3) is 3.48. The predicted octanol–water partition coefficient (Wildman–Crippen LogP) is -1.20. The molecule has 0 bridgehead atoms. The van der Waals surface area contributed by atoms with Gasteiger partial charge in [0.25, 0.3) is 0 Å². The van der Waals surface area contributed by atoms with Crippen LogP contribution in [0.1, 0.15) is 0 Å². The van der Waals surface area contributed by atoms with Crippen LogP contribution in [0.4, 0.5) is 0 Å². The Balaban J connectivity index is 2.24. The topological polar surface area (TPSA) is 49.4 Å². The summed E-state index contributed by atoms with van der Waals surface area (Å²) in [4.78, 5) is 13.2. The molecular formula is C9H14N2O2S. The Morgan fingerprint density at radius 2 is 2.14 bits per heavy atom. The molecule has 0 radical (unpaired) electrons. The van der Waals surface area contributed by atoms with E-state index in [2.05, 4.69) is 11.2 Å². The van der Waals surface area contributed by atoms with Gasteiger partial charge >= 0.3 is 0 Å². The van der Waals surface area contributed by atoms with E-state index in [9.17, 15) is 9.00 Å². The van der Waals surface area contributed by atoms with E-state index in [1.807, 2.05) is 0 Å². The molecule has 0 unspecified atom stereocenters. The average Bonchev–Trinajstić information content (AvgIpc) is 2.19. The van der Waals surface area contributed by atoms with Crippen molar-refractivity contribution in [2.45, 2.75) is 0 Å². The number of rotatable bonds is 3. The van der Waals surface area contributed by atoms with Gasteiger partial charge in [-0.25, -0.2) is 0 Å². The summed E-state index contributed by atoms with van der Waals surface area (Å²) in [5, 5.41) is 2.84. The minimum atomic E-state index is -0.731. The number of hydrogen-bond donors (Lipinski definition) is 1. The Morgan fingerprint density at radius 1 is 1.50 bits per heavy atom. The van der Waals surface area contributed by atoms with Crippen molar-refractivity contribution in [3.05, 3.63) is 0 Å². The fourth-order valence-electron chi connectivity index (χ4n) is 1.24. The van der Waals surface area contributed by atoms with Crippen molar-refractivity contribution >= 4 is 16.7 Å². The maximum atomic E-state index is 11.5. The maximum Gasteiger partial charge on any atom is 0.236 e. The van der Waals surface area contributed by atoms with E-state index in [1.54, 1.807) is 4.90 Å². The van der Waals surface area contributed by atoms with Crippen LogP contribution in [0.2, 0.25) is 0 Å². The van der Waals surface area contributed by atoms with Crippen LogP contribution in [0.3, 0.4) is 0 Å². The molecule has 0 aromatic heterocycles. The molecule has 0 saturated carbocycles. The first-order chi connectivity index (χ1) is 6.74. The molecule has 1 fully saturated rings. The summed E-state index contributed by atoms with van der Waals surface area (Å²) in [6, 6.07) is 0. The molecule has 1 rings (SSSR count). The van der Waals surface area contributed by atoms with Gasteiger partial charge < -0.3 is 4.90 Å². The lowest BCUT2D eigenvalue weighted by Gasteiger charge is -2.26. The van der Waals surface area contributed by atoms with Gasteiger partial charge in [-0.1, -0.05) is 5.92 Å². The second kappa shape index (κ2) is 5.78. The molecule has 1 N–H and O–H groups in total. The van der Waals surface area contributed by atoms with E-state index in [0.717, 1.165) is 0 Å². The number of terminal acetylenes is 1. The second-order valence-electron chi connectivity index (χ2n) is 3.04. The van der Waals surface area contributed by atoms with E-state index in [0.29, 0.717) is 31.1 Å². The van der Waals surface area contributed by atoms with Gasteiger partial charge in [0.05, 0.1) is 13.1 Å². The third-order valence-corrected chi connectivity index (χ3v) is 3.31. The molecule has 0 spiro atoms. The van der Waals surface area contributed by atoms with Crippen LogP contribution < -0.4 is 5.32 Å². The van der Waals surface area contributed by atoms with Crippen LogP contribution in [0.25, 0.3) is 0 Å². The molecule has 0 aromatic carbocycles. The van der Waals surface area contributed by atoms with Crippen LogP contribution in [-0.4, -0.2) is 52.7 Å². The summed E-state index contributed by atoms with van der Waals surface area (Å²) >= 11 is 0. The Bertz CT molecular complexity index is 262. The lowest BCUT2D eigenvalue weighted by Crippen LogP contribution is -2.45. The normalized spacial score (nSPS) is 17.8. The van der Waals surface area contributed by atoms with E-state index >= 15 is 0 Å². The van der Waals surface area contributed by atoms with Crippen molar-refractivity contribution in [2.24, 2.45) is 0 Å². The quantitative estimate of drug-likeness (QED) is 0.474. The number of amides is 1. The van der Waals surface area contributed by atoms with Crippen LogP contribution >= 0.6 is 0 Å². The summed E-state index contributed by atoms with van der Waals surface area (Å²) in [6.45, 7) is 1.88. The summed E-state index contributed by atoms with van der Waals surface area (Å²) in [6.07, 6.45) is 5.03.